The van der Waals surface area contributed by atoms with Gasteiger partial charge in [-0.25, -0.2) is 8.42 Å². The van der Waals surface area contributed by atoms with Crippen LogP contribution in [0.2, 0.25) is 0 Å². The third-order valence-corrected chi connectivity index (χ3v) is 8.90. The second-order valence-corrected chi connectivity index (χ2v) is 12.0. The van der Waals surface area contributed by atoms with Crippen LogP contribution in [-0.2, 0) is 26.2 Å². The molecular formula is C32H41N3O6S. The van der Waals surface area contributed by atoms with E-state index in [1.165, 1.54) is 37.3 Å². The molecule has 0 aliphatic heterocycles. The number of anilines is 1. The van der Waals surface area contributed by atoms with Gasteiger partial charge in [-0.2, -0.15) is 0 Å². The Morgan fingerprint density at radius 2 is 1.52 bits per heavy atom. The summed E-state index contributed by atoms with van der Waals surface area (Å²) in [6, 6.07) is 19.7. The summed E-state index contributed by atoms with van der Waals surface area (Å²) in [4.78, 5) is 28.9. The first-order valence-electron chi connectivity index (χ1n) is 14.0. The molecule has 0 saturated carbocycles. The van der Waals surface area contributed by atoms with Gasteiger partial charge in [-0.1, -0.05) is 61.9 Å². The number of amides is 2. The van der Waals surface area contributed by atoms with Crippen molar-refractivity contribution in [2.24, 2.45) is 0 Å². The Kier molecular flexibility index (Phi) is 11.4. The number of nitrogens with one attached hydrogen (secondary N) is 1. The minimum absolute atomic E-state index is 0.0651. The molecule has 0 saturated heterocycles. The molecule has 0 spiro atoms. The average Bonchev–Trinajstić information content (AvgIpc) is 3.00. The fourth-order valence-electron chi connectivity index (χ4n) is 4.48. The lowest BCUT2D eigenvalue weighted by atomic mass is 10.1. The van der Waals surface area contributed by atoms with Crippen molar-refractivity contribution in [1.82, 2.24) is 10.2 Å². The number of carbonyl (C=O) groups excluding carboxylic acids is 2. The summed E-state index contributed by atoms with van der Waals surface area (Å²) in [7, 11) is -1.36. The van der Waals surface area contributed by atoms with Crippen LogP contribution in [0.15, 0.2) is 77.7 Å². The number of nitrogens with zero attached hydrogens (tertiary/aromatic N) is 2. The number of hydrogen-bond donors (Lipinski definition) is 1. The Hall–Kier alpha value is -4.05. The maximum absolute atomic E-state index is 14.2. The van der Waals surface area contributed by atoms with Crippen LogP contribution < -0.4 is 19.1 Å². The number of hydrogen-bond acceptors (Lipinski definition) is 6. The molecule has 0 aromatic heterocycles. The van der Waals surface area contributed by atoms with Gasteiger partial charge in [-0.15, -0.1) is 0 Å². The fraction of sp³-hybridized carbons (Fsp3) is 0.375. The number of sulfonamides is 1. The van der Waals surface area contributed by atoms with Crippen molar-refractivity contribution in [2.45, 2.75) is 64.1 Å². The lowest BCUT2D eigenvalue weighted by Crippen LogP contribution is -2.53. The molecular weight excluding hydrogens is 554 g/mol. The van der Waals surface area contributed by atoms with E-state index in [4.69, 9.17) is 9.47 Å². The summed E-state index contributed by atoms with van der Waals surface area (Å²) >= 11 is 0. The fourth-order valence-corrected chi connectivity index (χ4v) is 5.91. The summed E-state index contributed by atoms with van der Waals surface area (Å²) in [5.41, 5.74) is 2.08. The molecule has 2 amide bonds. The maximum atomic E-state index is 14.2. The Bertz CT molecular complexity index is 1440. The van der Waals surface area contributed by atoms with Gasteiger partial charge >= 0.3 is 0 Å². The Labute approximate surface area is 249 Å². The smallest absolute Gasteiger partial charge is 0.264 e. The van der Waals surface area contributed by atoms with Crippen LogP contribution >= 0.6 is 0 Å². The molecule has 3 aromatic rings. The van der Waals surface area contributed by atoms with E-state index in [0.29, 0.717) is 17.9 Å². The normalized spacial score (nSPS) is 12.6. The molecule has 0 bridgehead atoms. The van der Waals surface area contributed by atoms with E-state index < -0.39 is 28.5 Å². The van der Waals surface area contributed by atoms with Crippen molar-refractivity contribution in [2.75, 3.05) is 25.1 Å². The molecule has 0 aliphatic rings. The van der Waals surface area contributed by atoms with Crippen molar-refractivity contribution < 1.29 is 27.5 Å². The summed E-state index contributed by atoms with van der Waals surface area (Å²) in [5, 5.41) is 2.98. The first-order valence-corrected chi connectivity index (χ1v) is 15.4. The molecule has 2 unspecified atom stereocenters. The molecule has 3 rings (SSSR count). The number of rotatable bonds is 14. The summed E-state index contributed by atoms with van der Waals surface area (Å²) < 4.78 is 40.0. The standard InChI is InChI=1S/C32H41N3O6S/c1-7-24(4)33-32(37)28(8-2)34(21-25-12-10-9-11-13-25)31(36)22-35(26-16-14-23(3)15-17-26)42(38,39)27-18-19-29(40-5)30(20-27)41-6/h9-20,24,28H,7-8,21-22H2,1-6H3,(H,33,37). The number of ether oxygens (including phenoxy) is 2. The number of benzene rings is 3. The Morgan fingerprint density at radius 3 is 2.10 bits per heavy atom. The molecule has 0 heterocycles. The summed E-state index contributed by atoms with van der Waals surface area (Å²) in [5.74, 6) is -0.163. The molecule has 226 valence electrons. The summed E-state index contributed by atoms with van der Waals surface area (Å²) in [6.07, 6.45) is 1.09. The van der Waals surface area contributed by atoms with E-state index in [2.05, 4.69) is 5.32 Å². The Morgan fingerprint density at radius 1 is 0.881 bits per heavy atom. The van der Waals surface area contributed by atoms with Gasteiger partial charge in [-0.05, 0) is 56.5 Å². The molecule has 2 atom stereocenters. The van der Waals surface area contributed by atoms with Gasteiger partial charge in [0, 0.05) is 18.7 Å². The van der Waals surface area contributed by atoms with E-state index in [0.717, 1.165) is 21.9 Å². The minimum atomic E-state index is -4.25. The highest BCUT2D eigenvalue weighted by atomic mass is 32.2. The number of aryl methyl sites for hydroxylation is 1. The van der Waals surface area contributed by atoms with E-state index >= 15 is 0 Å². The summed E-state index contributed by atoms with van der Waals surface area (Å²) in [6.45, 7) is 7.24. The maximum Gasteiger partial charge on any atom is 0.264 e. The average molecular weight is 596 g/mol. The third kappa shape index (κ3) is 7.82. The minimum Gasteiger partial charge on any atom is -0.493 e. The zero-order valence-electron chi connectivity index (χ0n) is 25.2. The third-order valence-electron chi connectivity index (χ3n) is 7.13. The van der Waals surface area contributed by atoms with Crippen LogP contribution in [0, 0.1) is 6.92 Å². The lowest BCUT2D eigenvalue weighted by Gasteiger charge is -2.33. The monoisotopic (exact) mass is 595 g/mol. The van der Waals surface area contributed by atoms with Crippen molar-refractivity contribution >= 4 is 27.5 Å². The van der Waals surface area contributed by atoms with Crippen LogP contribution in [-0.4, -0.2) is 58.0 Å². The van der Waals surface area contributed by atoms with Crippen molar-refractivity contribution in [3.8, 4) is 11.5 Å². The zero-order chi connectivity index (χ0) is 30.9. The largest absolute Gasteiger partial charge is 0.493 e. The van der Waals surface area contributed by atoms with Crippen LogP contribution in [0.3, 0.4) is 0 Å². The van der Waals surface area contributed by atoms with Gasteiger partial charge in [0.1, 0.15) is 12.6 Å². The molecule has 0 radical (unpaired) electrons. The first kappa shape index (κ1) is 32.5. The SMILES string of the molecule is CCC(C)NC(=O)C(CC)N(Cc1ccccc1)C(=O)CN(c1ccc(C)cc1)S(=O)(=O)c1ccc(OC)c(OC)c1. The molecule has 10 heteroatoms. The number of carbonyl (C=O) groups is 2. The van der Waals surface area contributed by atoms with E-state index in [1.807, 2.05) is 58.0 Å². The van der Waals surface area contributed by atoms with Gasteiger partial charge in [0.15, 0.2) is 11.5 Å². The highest BCUT2D eigenvalue weighted by Crippen LogP contribution is 2.32. The van der Waals surface area contributed by atoms with Gasteiger partial charge in [0.2, 0.25) is 11.8 Å². The second-order valence-electron chi connectivity index (χ2n) is 10.1. The van der Waals surface area contributed by atoms with E-state index in [1.54, 1.807) is 24.3 Å². The topological polar surface area (TPSA) is 105 Å². The van der Waals surface area contributed by atoms with Gasteiger partial charge < -0.3 is 19.7 Å². The highest BCUT2D eigenvalue weighted by molar-refractivity contribution is 7.92. The van der Waals surface area contributed by atoms with E-state index in [9.17, 15) is 18.0 Å². The van der Waals surface area contributed by atoms with Crippen LogP contribution in [0.5, 0.6) is 11.5 Å². The molecule has 0 fully saturated rings. The van der Waals surface area contributed by atoms with Crippen LogP contribution in [0.4, 0.5) is 5.69 Å². The quantitative estimate of drug-likeness (QED) is 0.283. The second kappa shape index (κ2) is 14.7. The Balaban J connectivity index is 2.08. The molecule has 0 aliphatic carbocycles. The zero-order valence-corrected chi connectivity index (χ0v) is 26.0. The van der Waals surface area contributed by atoms with Crippen molar-refractivity contribution in [3.63, 3.8) is 0 Å². The van der Waals surface area contributed by atoms with Crippen LogP contribution in [0.1, 0.15) is 44.7 Å². The predicted octanol–water partition coefficient (Wildman–Crippen LogP) is 4.93. The molecule has 3 aromatic carbocycles. The molecule has 42 heavy (non-hydrogen) atoms. The lowest BCUT2D eigenvalue weighted by molar-refractivity contribution is -0.140. The molecule has 9 nitrogen and oxygen atoms in total. The number of methoxy groups -OCH3 is 2. The highest BCUT2D eigenvalue weighted by Gasteiger charge is 2.34. The van der Waals surface area contributed by atoms with Crippen molar-refractivity contribution in [1.29, 1.82) is 0 Å². The van der Waals surface area contributed by atoms with Gasteiger partial charge in [0.25, 0.3) is 10.0 Å². The van der Waals surface area contributed by atoms with Crippen molar-refractivity contribution in [3.05, 3.63) is 83.9 Å². The predicted molar refractivity (Wildman–Crippen MR) is 164 cm³/mol. The van der Waals surface area contributed by atoms with Gasteiger partial charge in [0.05, 0.1) is 24.8 Å². The van der Waals surface area contributed by atoms with Crippen LogP contribution in [0.25, 0.3) is 0 Å². The molecule has 1 N–H and O–H groups in total. The van der Waals surface area contributed by atoms with Gasteiger partial charge in [-0.3, -0.25) is 13.9 Å². The van der Waals surface area contributed by atoms with E-state index in [-0.39, 0.29) is 29.1 Å². The first-order chi connectivity index (χ1) is 20.0.